The van der Waals surface area contributed by atoms with E-state index in [1.165, 1.54) is 11.7 Å². The zero-order valence-electron chi connectivity index (χ0n) is 11.3. The van der Waals surface area contributed by atoms with Crippen LogP contribution >= 0.6 is 11.7 Å². The Morgan fingerprint density at radius 2 is 1.90 bits per heavy atom. The third-order valence-electron chi connectivity index (χ3n) is 2.90. The molecule has 0 amide bonds. The molecule has 0 bridgehead atoms. The molecule has 2 aromatic heterocycles. The summed E-state index contributed by atoms with van der Waals surface area (Å²) in [6.07, 6.45) is 11.6. The minimum Gasteiger partial charge on any atom is -0.257 e. The summed E-state index contributed by atoms with van der Waals surface area (Å²) in [5, 5.41) is 0. The molecule has 2 heterocycles. The second-order valence-electron chi connectivity index (χ2n) is 4.39. The molecule has 0 fully saturated rings. The van der Waals surface area contributed by atoms with Crippen LogP contribution in [0.3, 0.4) is 0 Å². The number of allylic oxidation sites excluding steroid dienone is 2. The third kappa shape index (κ3) is 3.70. The first-order chi connectivity index (χ1) is 10.4. The van der Waals surface area contributed by atoms with Crippen molar-refractivity contribution in [2.75, 3.05) is 0 Å². The second kappa shape index (κ2) is 6.72. The molecule has 0 aliphatic heterocycles. The maximum absolute atomic E-state index is 4.25. The van der Waals surface area contributed by atoms with Crippen molar-refractivity contribution in [2.24, 2.45) is 0 Å². The summed E-state index contributed by atoms with van der Waals surface area (Å²) < 4.78 is 8.28. The summed E-state index contributed by atoms with van der Waals surface area (Å²) in [6.45, 7) is 0. The first-order valence-corrected chi connectivity index (χ1v) is 7.29. The van der Waals surface area contributed by atoms with E-state index in [4.69, 9.17) is 0 Å². The third-order valence-corrected chi connectivity index (χ3v) is 3.38. The largest absolute Gasteiger partial charge is 0.257 e. The van der Waals surface area contributed by atoms with Gasteiger partial charge in [-0.25, -0.2) is 0 Å². The van der Waals surface area contributed by atoms with Crippen LogP contribution in [0.15, 0.2) is 67.0 Å². The van der Waals surface area contributed by atoms with E-state index in [0.717, 1.165) is 22.5 Å². The SMILES string of the molecule is C(C=Cc1ccccn1)=Cc1cccc(-c2cnsn2)c1. The average Bonchev–Trinajstić information content (AvgIpc) is 3.07. The molecule has 0 N–H and O–H groups in total. The standard InChI is InChI=1S/C17H13N3S/c1(2-9-16-10-3-4-11-18-16)6-14-7-5-8-15(12-14)17-13-19-21-20-17/h1-13H. The van der Waals surface area contributed by atoms with Crippen LogP contribution in [0.4, 0.5) is 0 Å². The highest BCUT2D eigenvalue weighted by Crippen LogP contribution is 2.19. The summed E-state index contributed by atoms with van der Waals surface area (Å²) in [5.74, 6) is 0. The van der Waals surface area contributed by atoms with Gasteiger partial charge in [0.1, 0.15) is 5.69 Å². The summed E-state index contributed by atoms with van der Waals surface area (Å²) in [6, 6.07) is 14.1. The lowest BCUT2D eigenvalue weighted by molar-refractivity contribution is 1.30. The van der Waals surface area contributed by atoms with Crippen LogP contribution in [0.2, 0.25) is 0 Å². The van der Waals surface area contributed by atoms with E-state index in [9.17, 15) is 0 Å². The van der Waals surface area contributed by atoms with Crippen molar-refractivity contribution in [3.8, 4) is 11.3 Å². The second-order valence-corrected chi connectivity index (χ2v) is 4.95. The highest BCUT2D eigenvalue weighted by molar-refractivity contribution is 6.99. The molecule has 0 spiro atoms. The maximum atomic E-state index is 4.25. The van der Waals surface area contributed by atoms with E-state index in [1.54, 1.807) is 12.4 Å². The molecule has 3 aromatic rings. The zero-order valence-corrected chi connectivity index (χ0v) is 12.1. The number of aromatic nitrogens is 3. The Balaban J connectivity index is 1.72. The highest BCUT2D eigenvalue weighted by atomic mass is 32.1. The van der Waals surface area contributed by atoms with Gasteiger partial charge in [0.05, 0.1) is 23.6 Å². The Hall–Kier alpha value is -2.59. The fraction of sp³-hybridized carbons (Fsp3) is 0. The predicted octanol–water partition coefficient (Wildman–Crippen LogP) is 4.33. The smallest absolute Gasteiger partial charge is 0.104 e. The lowest BCUT2D eigenvalue weighted by Gasteiger charge is -1.97. The molecule has 3 rings (SSSR count). The molecule has 0 radical (unpaired) electrons. The first kappa shape index (κ1) is 13.4. The van der Waals surface area contributed by atoms with Gasteiger partial charge in [-0.1, -0.05) is 42.5 Å². The molecule has 0 atom stereocenters. The maximum Gasteiger partial charge on any atom is 0.104 e. The molecular weight excluding hydrogens is 278 g/mol. The van der Waals surface area contributed by atoms with Gasteiger partial charge in [0, 0.05) is 11.8 Å². The molecule has 0 saturated carbocycles. The Labute approximate surface area is 127 Å². The van der Waals surface area contributed by atoms with E-state index in [2.05, 4.69) is 31.9 Å². The summed E-state index contributed by atoms with van der Waals surface area (Å²) >= 11 is 1.22. The first-order valence-electron chi connectivity index (χ1n) is 6.55. The van der Waals surface area contributed by atoms with Crippen LogP contribution in [0.5, 0.6) is 0 Å². The van der Waals surface area contributed by atoms with Gasteiger partial charge >= 0.3 is 0 Å². The van der Waals surface area contributed by atoms with Crippen molar-refractivity contribution >= 4 is 23.9 Å². The minimum atomic E-state index is 0.916. The summed E-state index contributed by atoms with van der Waals surface area (Å²) in [5.41, 5.74) is 4.08. The van der Waals surface area contributed by atoms with Crippen molar-refractivity contribution in [2.45, 2.75) is 0 Å². The molecule has 0 unspecified atom stereocenters. The van der Waals surface area contributed by atoms with Crippen molar-refractivity contribution < 1.29 is 0 Å². The van der Waals surface area contributed by atoms with Crippen LogP contribution in [-0.2, 0) is 0 Å². The lowest BCUT2D eigenvalue weighted by Crippen LogP contribution is -1.78. The number of nitrogens with zero attached hydrogens (tertiary/aromatic N) is 3. The number of pyridine rings is 1. The van der Waals surface area contributed by atoms with Crippen LogP contribution in [-0.4, -0.2) is 13.7 Å². The fourth-order valence-corrected chi connectivity index (χ4v) is 2.32. The molecule has 3 nitrogen and oxygen atoms in total. The zero-order chi connectivity index (χ0) is 14.3. The van der Waals surface area contributed by atoms with Gasteiger partial charge in [-0.2, -0.15) is 8.75 Å². The average molecular weight is 291 g/mol. The van der Waals surface area contributed by atoms with Gasteiger partial charge in [-0.15, -0.1) is 0 Å². The topological polar surface area (TPSA) is 38.7 Å². The predicted molar refractivity (Wildman–Crippen MR) is 87.7 cm³/mol. The molecule has 21 heavy (non-hydrogen) atoms. The lowest BCUT2D eigenvalue weighted by atomic mass is 10.1. The Morgan fingerprint density at radius 3 is 2.71 bits per heavy atom. The number of rotatable bonds is 4. The van der Waals surface area contributed by atoms with Crippen LogP contribution in [0.1, 0.15) is 11.3 Å². The molecule has 102 valence electrons. The van der Waals surface area contributed by atoms with Crippen molar-refractivity contribution in [3.05, 3.63) is 78.3 Å². The van der Waals surface area contributed by atoms with Crippen LogP contribution < -0.4 is 0 Å². The van der Waals surface area contributed by atoms with Gasteiger partial charge in [0.15, 0.2) is 0 Å². The van der Waals surface area contributed by atoms with Gasteiger partial charge < -0.3 is 0 Å². The van der Waals surface area contributed by atoms with Gasteiger partial charge in [-0.05, 0) is 29.8 Å². The molecule has 0 saturated heterocycles. The number of benzene rings is 1. The molecular formula is C17H13N3S. The van der Waals surface area contributed by atoms with E-state index in [-0.39, 0.29) is 0 Å². The van der Waals surface area contributed by atoms with Crippen molar-refractivity contribution in [1.82, 2.24) is 13.7 Å². The van der Waals surface area contributed by atoms with Crippen molar-refractivity contribution in [1.29, 1.82) is 0 Å². The molecule has 0 aliphatic rings. The molecule has 4 heteroatoms. The normalized spacial score (nSPS) is 11.4. The molecule has 0 aliphatic carbocycles. The Morgan fingerprint density at radius 1 is 0.952 bits per heavy atom. The number of hydrogen-bond acceptors (Lipinski definition) is 4. The Kier molecular flexibility index (Phi) is 4.29. The monoisotopic (exact) mass is 291 g/mol. The van der Waals surface area contributed by atoms with E-state index >= 15 is 0 Å². The van der Waals surface area contributed by atoms with Crippen LogP contribution in [0, 0.1) is 0 Å². The van der Waals surface area contributed by atoms with Gasteiger partial charge in [0.2, 0.25) is 0 Å². The summed E-state index contributed by atoms with van der Waals surface area (Å²) in [4.78, 5) is 4.24. The highest BCUT2D eigenvalue weighted by Gasteiger charge is 2.00. The Bertz CT molecular complexity index is 747. The van der Waals surface area contributed by atoms with Crippen molar-refractivity contribution in [3.63, 3.8) is 0 Å². The van der Waals surface area contributed by atoms with Gasteiger partial charge in [-0.3, -0.25) is 4.98 Å². The van der Waals surface area contributed by atoms with Crippen LogP contribution in [0.25, 0.3) is 23.4 Å². The summed E-state index contributed by atoms with van der Waals surface area (Å²) in [7, 11) is 0. The minimum absolute atomic E-state index is 0.916. The molecule has 1 aromatic carbocycles. The quantitative estimate of drug-likeness (QED) is 0.672. The van der Waals surface area contributed by atoms with E-state index in [0.29, 0.717) is 0 Å². The number of hydrogen-bond donors (Lipinski definition) is 0. The van der Waals surface area contributed by atoms with E-state index in [1.807, 2.05) is 48.6 Å². The van der Waals surface area contributed by atoms with E-state index < -0.39 is 0 Å². The fourth-order valence-electron chi connectivity index (χ4n) is 1.89. The van der Waals surface area contributed by atoms with Gasteiger partial charge in [0.25, 0.3) is 0 Å².